The third-order valence-electron chi connectivity index (χ3n) is 5.54. The molecule has 1 aliphatic rings. The minimum Gasteiger partial charge on any atom is -0.355 e. The van der Waals surface area contributed by atoms with Crippen molar-refractivity contribution in [2.75, 3.05) is 6.54 Å². The van der Waals surface area contributed by atoms with Gasteiger partial charge in [0, 0.05) is 18.9 Å². The van der Waals surface area contributed by atoms with Gasteiger partial charge in [-0.05, 0) is 24.0 Å². The predicted molar refractivity (Wildman–Crippen MR) is 107 cm³/mol. The van der Waals surface area contributed by atoms with Crippen LogP contribution in [0.1, 0.15) is 56.2 Å². The summed E-state index contributed by atoms with van der Waals surface area (Å²) in [4.78, 5) is 24.2. The van der Waals surface area contributed by atoms with Gasteiger partial charge < -0.3 is 10.6 Å². The molecule has 142 valence electrons. The number of nitrogens with one attached hydrogen (secondary N) is 2. The molecular weight excluding hydrogens is 336 g/mol. The molecule has 3 rings (SSSR count). The van der Waals surface area contributed by atoms with Crippen molar-refractivity contribution in [3.8, 4) is 0 Å². The molecule has 1 unspecified atom stereocenters. The molecule has 27 heavy (non-hydrogen) atoms. The molecule has 2 amide bonds. The van der Waals surface area contributed by atoms with Crippen LogP contribution in [0.25, 0.3) is 0 Å². The van der Waals surface area contributed by atoms with Crippen molar-refractivity contribution >= 4 is 11.8 Å². The Labute approximate surface area is 161 Å². The van der Waals surface area contributed by atoms with Crippen molar-refractivity contribution in [2.45, 2.75) is 50.5 Å². The summed E-state index contributed by atoms with van der Waals surface area (Å²) in [5, 5.41) is 6.04. The number of benzene rings is 2. The maximum atomic E-state index is 12.7. The standard InChI is InChI=1S/C23H28N2O2/c1-18(26)25-21(19-10-4-2-5-11-19)16-22(27)24-17-23(14-8-9-15-23)20-12-6-3-7-13-20/h2-7,10-13,21H,8-9,14-17H2,1H3,(H,24,27)(H,25,26). The Balaban J connectivity index is 1.66. The molecule has 1 atom stereocenters. The molecule has 1 aliphatic carbocycles. The van der Waals surface area contributed by atoms with Crippen molar-refractivity contribution < 1.29 is 9.59 Å². The number of hydrogen-bond acceptors (Lipinski definition) is 2. The van der Waals surface area contributed by atoms with Gasteiger partial charge in [-0.15, -0.1) is 0 Å². The normalized spacial score (nSPS) is 16.5. The molecule has 2 N–H and O–H groups in total. The Morgan fingerprint density at radius 2 is 1.56 bits per heavy atom. The summed E-state index contributed by atoms with van der Waals surface area (Å²) < 4.78 is 0. The molecule has 4 nitrogen and oxygen atoms in total. The molecule has 0 aliphatic heterocycles. The van der Waals surface area contributed by atoms with E-state index in [-0.39, 0.29) is 29.7 Å². The van der Waals surface area contributed by atoms with Gasteiger partial charge in [-0.25, -0.2) is 0 Å². The van der Waals surface area contributed by atoms with Crippen molar-refractivity contribution in [1.29, 1.82) is 0 Å². The van der Waals surface area contributed by atoms with Crippen LogP contribution in [0, 0.1) is 0 Å². The van der Waals surface area contributed by atoms with Gasteiger partial charge in [-0.1, -0.05) is 73.5 Å². The van der Waals surface area contributed by atoms with Crippen LogP contribution >= 0.6 is 0 Å². The highest BCUT2D eigenvalue weighted by atomic mass is 16.2. The smallest absolute Gasteiger partial charge is 0.222 e. The molecule has 1 saturated carbocycles. The Hall–Kier alpha value is -2.62. The summed E-state index contributed by atoms with van der Waals surface area (Å²) in [5.41, 5.74) is 2.29. The predicted octanol–water partition coefficient (Wildman–Crippen LogP) is 3.88. The molecule has 0 saturated heterocycles. The largest absolute Gasteiger partial charge is 0.355 e. The van der Waals surface area contributed by atoms with Crippen LogP contribution in [0.3, 0.4) is 0 Å². The van der Waals surface area contributed by atoms with Crippen molar-refractivity contribution in [2.24, 2.45) is 0 Å². The number of rotatable bonds is 7. The molecular formula is C23H28N2O2. The fourth-order valence-electron chi connectivity index (χ4n) is 4.12. The summed E-state index contributed by atoms with van der Waals surface area (Å²) in [6, 6.07) is 19.9. The zero-order valence-electron chi connectivity index (χ0n) is 15.9. The van der Waals surface area contributed by atoms with E-state index in [4.69, 9.17) is 0 Å². The summed E-state index contributed by atoms with van der Waals surface area (Å²) >= 11 is 0. The first-order valence-corrected chi connectivity index (χ1v) is 9.73. The Morgan fingerprint density at radius 3 is 2.15 bits per heavy atom. The molecule has 0 aromatic heterocycles. The first-order valence-electron chi connectivity index (χ1n) is 9.73. The molecule has 0 bridgehead atoms. The average Bonchev–Trinajstić information content (AvgIpc) is 3.17. The lowest BCUT2D eigenvalue weighted by Gasteiger charge is -2.30. The van der Waals surface area contributed by atoms with Crippen LogP contribution in [-0.4, -0.2) is 18.4 Å². The van der Waals surface area contributed by atoms with Crippen LogP contribution in [0.4, 0.5) is 0 Å². The highest BCUT2D eigenvalue weighted by Gasteiger charge is 2.35. The summed E-state index contributed by atoms with van der Waals surface area (Å²) in [5.74, 6) is -0.159. The van der Waals surface area contributed by atoms with Gasteiger partial charge in [0.25, 0.3) is 0 Å². The van der Waals surface area contributed by atoms with Crippen LogP contribution in [0.15, 0.2) is 60.7 Å². The molecule has 4 heteroatoms. The van der Waals surface area contributed by atoms with E-state index in [1.54, 1.807) is 0 Å². The van der Waals surface area contributed by atoms with Crippen molar-refractivity contribution in [1.82, 2.24) is 10.6 Å². The van der Waals surface area contributed by atoms with Crippen LogP contribution < -0.4 is 10.6 Å². The van der Waals surface area contributed by atoms with E-state index >= 15 is 0 Å². The summed E-state index contributed by atoms with van der Waals surface area (Å²) in [6.07, 6.45) is 4.84. The highest BCUT2D eigenvalue weighted by Crippen LogP contribution is 2.40. The minimum absolute atomic E-state index is 0.0280. The Morgan fingerprint density at radius 1 is 0.963 bits per heavy atom. The first-order chi connectivity index (χ1) is 13.1. The van der Waals surface area contributed by atoms with Crippen LogP contribution in [0.5, 0.6) is 0 Å². The zero-order chi connectivity index (χ0) is 19.1. The second-order valence-corrected chi connectivity index (χ2v) is 7.50. The van der Waals surface area contributed by atoms with Gasteiger partial charge in [0.1, 0.15) is 0 Å². The van der Waals surface area contributed by atoms with Gasteiger partial charge in [0.2, 0.25) is 11.8 Å². The number of carbonyl (C=O) groups is 2. The SMILES string of the molecule is CC(=O)NC(CC(=O)NCC1(c2ccccc2)CCCC1)c1ccccc1. The Bertz CT molecular complexity index is 752. The fourth-order valence-corrected chi connectivity index (χ4v) is 4.12. The van der Waals surface area contributed by atoms with Crippen molar-refractivity contribution in [3.05, 3.63) is 71.8 Å². The molecule has 2 aromatic carbocycles. The van der Waals surface area contributed by atoms with Crippen molar-refractivity contribution in [3.63, 3.8) is 0 Å². The second-order valence-electron chi connectivity index (χ2n) is 7.50. The molecule has 0 radical (unpaired) electrons. The molecule has 0 heterocycles. The first kappa shape index (κ1) is 19.2. The number of hydrogen-bond donors (Lipinski definition) is 2. The van der Waals surface area contributed by atoms with E-state index in [0.717, 1.165) is 18.4 Å². The lowest BCUT2D eigenvalue weighted by atomic mass is 9.79. The average molecular weight is 364 g/mol. The van der Waals surface area contributed by atoms with Crippen LogP contribution in [0.2, 0.25) is 0 Å². The minimum atomic E-state index is -0.306. The van der Waals surface area contributed by atoms with E-state index in [0.29, 0.717) is 6.54 Å². The summed E-state index contributed by atoms with van der Waals surface area (Å²) in [7, 11) is 0. The van der Waals surface area contributed by atoms with E-state index < -0.39 is 0 Å². The van der Waals surface area contributed by atoms with Gasteiger partial charge >= 0.3 is 0 Å². The van der Waals surface area contributed by atoms with Gasteiger partial charge in [0.15, 0.2) is 0 Å². The van der Waals surface area contributed by atoms with Gasteiger partial charge in [-0.2, -0.15) is 0 Å². The third kappa shape index (κ3) is 4.97. The highest BCUT2D eigenvalue weighted by molar-refractivity contribution is 5.79. The topological polar surface area (TPSA) is 58.2 Å². The maximum absolute atomic E-state index is 12.7. The monoisotopic (exact) mass is 364 g/mol. The summed E-state index contributed by atoms with van der Waals surface area (Å²) in [6.45, 7) is 2.13. The van der Waals surface area contributed by atoms with E-state index in [9.17, 15) is 9.59 Å². The van der Waals surface area contributed by atoms with E-state index in [1.807, 2.05) is 36.4 Å². The zero-order valence-corrected chi connectivity index (χ0v) is 15.9. The van der Waals surface area contributed by atoms with Crippen LogP contribution in [-0.2, 0) is 15.0 Å². The lowest BCUT2D eigenvalue weighted by Crippen LogP contribution is -2.40. The fraction of sp³-hybridized carbons (Fsp3) is 0.391. The molecule has 0 spiro atoms. The number of carbonyl (C=O) groups excluding carboxylic acids is 2. The van der Waals surface area contributed by atoms with Gasteiger partial charge in [0.05, 0.1) is 12.5 Å². The number of amides is 2. The Kier molecular flexibility index (Phi) is 6.28. The van der Waals surface area contributed by atoms with Gasteiger partial charge in [-0.3, -0.25) is 9.59 Å². The molecule has 1 fully saturated rings. The quantitative estimate of drug-likeness (QED) is 0.783. The van der Waals surface area contributed by atoms with E-state index in [1.165, 1.54) is 25.3 Å². The van der Waals surface area contributed by atoms with E-state index in [2.05, 4.69) is 34.9 Å². The lowest BCUT2D eigenvalue weighted by molar-refractivity contribution is -0.123. The third-order valence-corrected chi connectivity index (χ3v) is 5.54. The maximum Gasteiger partial charge on any atom is 0.222 e. The molecule has 2 aromatic rings. The second kappa shape index (κ2) is 8.85.